The van der Waals surface area contributed by atoms with E-state index < -0.39 is 23.4 Å². The van der Waals surface area contributed by atoms with Gasteiger partial charge in [0, 0.05) is 24.2 Å². The van der Waals surface area contributed by atoms with Crippen molar-refractivity contribution in [3.8, 4) is 0 Å². The molecule has 2 N–H and O–H groups in total. The second-order valence-electron chi connectivity index (χ2n) is 9.33. The first-order valence-corrected chi connectivity index (χ1v) is 9.76. The van der Waals surface area contributed by atoms with Gasteiger partial charge in [0.05, 0.1) is 0 Å². The van der Waals surface area contributed by atoms with Gasteiger partial charge in [0.1, 0.15) is 18.0 Å². The van der Waals surface area contributed by atoms with Gasteiger partial charge >= 0.3 is 0 Å². The number of carbonyl (C=O) groups is 3. The van der Waals surface area contributed by atoms with Crippen LogP contribution in [0.1, 0.15) is 58.8 Å². The highest BCUT2D eigenvalue weighted by Gasteiger charge is 2.68. The number of Topliss-reactive ketones (excluding diaryl/α,β-unsaturated/α-hetero) is 2. The first-order chi connectivity index (χ1) is 13.2. The van der Waals surface area contributed by atoms with Crippen LogP contribution in [0.5, 0.6) is 0 Å². The highest BCUT2D eigenvalue weighted by Crippen LogP contribution is 2.66. The normalized spacial score (nSPS) is 48.7. The fraction of sp³-hybridized carbons (Fsp3) is 0.762. The molecule has 0 heterocycles. The van der Waals surface area contributed by atoms with Gasteiger partial charge in [-0.2, -0.15) is 0 Å². The molecule has 4 aliphatic carbocycles. The van der Waals surface area contributed by atoms with Gasteiger partial charge in [-0.25, -0.2) is 0 Å². The van der Waals surface area contributed by atoms with E-state index >= 15 is 0 Å². The number of aliphatic hydroxyl groups is 2. The van der Waals surface area contributed by atoms with Crippen molar-refractivity contribution in [3.63, 3.8) is 0 Å². The first kappa shape index (κ1) is 15.7. The Bertz CT molecular complexity index is 764. The Morgan fingerprint density at radius 2 is 2.08 bits per heavy atom. The maximum Gasteiger partial charge on any atom is 0.212 e. The number of hydrogen-bond acceptors (Lipinski definition) is 5. The molecule has 0 radical (unpaired) electrons. The van der Waals surface area contributed by atoms with E-state index in [9.17, 15) is 14.4 Å². The summed E-state index contributed by atoms with van der Waals surface area (Å²) in [4.78, 5) is 38.2. The molecular weight excluding hydrogens is 332 g/mol. The molecular formula is C21H28O5. The first-order valence-electron chi connectivity index (χ1n) is 10.6. The monoisotopic (exact) mass is 362 g/mol. The summed E-state index contributed by atoms with van der Waals surface area (Å²) in [5, 5.41) is 9.40. The molecule has 0 spiro atoms. The van der Waals surface area contributed by atoms with Crippen molar-refractivity contribution in [2.75, 3.05) is 6.61 Å². The van der Waals surface area contributed by atoms with Crippen LogP contribution in [-0.4, -0.2) is 42.6 Å². The van der Waals surface area contributed by atoms with Gasteiger partial charge in [-0.1, -0.05) is 19.4 Å². The number of ketones is 3. The van der Waals surface area contributed by atoms with Gasteiger partial charge in [-0.05, 0) is 55.4 Å². The molecule has 3 saturated carbocycles. The van der Waals surface area contributed by atoms with Crippen molar-refractivity contribution in [2.24, 2.45) is 28.6 Å². The molecule has 0 aromatic heterocycles. The summed E-state index contributed by atoms with van der Waals surface area (Å²) < 4.78 is 14.7. The summed E-state index contributed by atoms with van der Waals surface area (Å²) in [7, 11) is 0. The van der Waals surface area contributed by atoms with E-state index in [4.69, 9.17) is 7.97 Å². The van der Waals surface area contributed by atoms with Gasteiger partial charge in [0.25, 0.3) is 0 Å². The Balaban J connectivity index is 1.74. The van der Waals surface area contributed by atoms with Crippen LogP contribution in [0, 0.1) is 28.6 Å². The Morgan fingerprint density at radius 3 is 2.81 bits per heavy atom. The Hall–Kier alpha value is -1.33. The average Bonchev–Trinajstić information content (AvgIpc) is 2.95. The lowest BCUT2D eigenvalue weighted by atomic mass is 9.46. The molecule has 0 unspecified atom stereocenters. The maximum absolute atomic E-state index is 13.5. The summed E-state index contributed by atoms with van der Waals surface area (Å²) in [5.41, 5.74) is -1.32. The second-order valence-corrected chi connectivity index (χ2v) is 9.33. The second kappa shape index (κ2) is 5.59. The van der Waals surface area contributed by atoms with E-state index in [0.29, 0.717) is 19.3 Å². The minimum absolute atomic E-state index is 0.103. The van der Waals surface area contributed by atoms with Crippen LogP contribution in [0.25, 0.3) is 0 Å². The number of carbonyl (C=O) groups excluding carboxylic acids is 3. The van der Waals surface area contributed by atoms with Crippen molar-refractivity contribution < 1.29 is 24.6 Å². The summed E-state index contributed by atoms with van der Waals surface area (Å²) in [5.74, 6) is -0.0476. The third-order valence-electron chi connectivity index (χ3n) is 8.36. The van der Waals surface area contributed by atoms with Crippen LogP contribution in [0.4, 0.5) is 0 Å². The van der Waals surface area contributed by atoms with E-state index in [1.165, 1.54) is 0 Å². The molecule has 4 aliphatic rings. The van der Waals surface area contributed by atoms with E-state index in [-0.39, 0.29) is 41.2 Å². The standard InChI is InChI=1S/C21H28O5/c1-19-7-5-13(23)9-12(19)3-4-14-15-6-8-21(26,17(25)11-22)20(15,2)10-16(24)18(14)19/h9,14-15,18,22,26H,3-8,10-11H2,1-2H3/t14-,15-,18+,19-,20-,21-/m0/s1/i22D,26D. The molecule has 0 aromatic carbocycles. The summed E-state index contributed by atoms with van der Waals surface area (Å²) in [6, 6.07) is 0. The molecule has 4 rings (SSSR count). The third-order valence-corrected chi connectivity index (χ3v) is 8.36. The SMILES string of the molecule is [2H]OCC(=O)[C@@]1(O[2H])CC[C@H]2[C@@H]3CCC4=CC(=O)CC[C@]4(C)[C@H]3C(=O)C[C@@]21C. The molecule has 0 saturated heterocycles. The zero-order chi connectivity index (χ0) is 20.3. The zero-order valence-corrected chi connectivity index (χ0v) is 15.5. The van der Waals surface area contributed by atoms with E-state index in [1.807, 2.05) is 6.92 Å². The molecule has 0 amide bonds. The lowest BCUT2D eigenvalue weighted by Crippen LogP contribution is -2.60. The molecule has 0 aromatic rings. The smallest absolute Gasteiger partial charge is 0.212 e. The molecule has 5 heteroatoms. The van der Waals surface area contributed by atoms with Gasteiger partial charge in [0.15, 0.2) is 11.6 Å². The molecule has 0 aliphatic heterocycles. The van der Waals surface area contributed by atoms with E-state index in [1.54, 1.807) is 6.08 Å². The molecule has 0 bridgehead atoms. The number of hydrogen-bond donors (Lipinski definition) is 2. The van der Waals surface area contributed by atoms with Gasteiger partial charge < -0.3 is 10.2 Å². The molecule has 3 fully saturated rings. The predicted molar refractivity (Wildman–Crippen MR) is 94.1 cm³/mol. The summed E-state index contributed by atoms with van der Waals surface area (Å²) >= 11 is 0. The van der Waals surface area contributed by atoms with Crippen LogP contribution in [0.3, 0.4) is 0 Å². The molecule has 142 valence electrons. The molecule has 26 heavy (non-hydrogen) atoms. The highest BCUT2D eigenvalue weighted by molar-refractivity contribution is 5.94. The maximum atomic E-state index is 13.5. The van der Waals surface area contributed by atoms with Gasteiger partial charge in [-0.3, -0.25) is 14.4 Å². The van der Waals surface area contributed by atoms with Crippen molar-refractivity contribution >= 4 is 17.3 Å². The number of rotatable bonds is 4. The quantitative estimate of drug-likeness (QED) is 0.798. The lowest BCUT2D eigenvalue weighted by Gasteiger charge is -2.57. The van der Waals surface area contributed by atoms with Crippen LogP contribution in [0.15, 0.2) is 11.6 Å². The van der Waals surface area contributed by atoms with Gasteiger partial charge in [0.2, 0.25) is 2.86 Å². The topological polar surface area (TPSA) is 91.7 Å². The number of fused-ring (bicyclic) bond motifs is 5. The Labute approximate surface area is 156 Å². The summed E-state index contributed by atoms with van der Waals surface area (Å²) in [6.45, 7) is 3.61. The predicted octanol–water partition coefficient (Wildman–Crippen LogP) is 1.99. The number of allylic oxidation sites excluding steroid dienone is 1. The van der Waals surface area contributed by atoms with Crippen molar-refractivity contribution in [1.29, 1.82) is 2.86 Å². The minimum Gasteiger partial charge on any atom is -0.388 e. The van der Waals surface area contributed by atoms with Crippen LogP contribution >= 0.6 is 0 Å². The largest absolute Gasteiger partial charge is 0.388 e. The zero-order valence-electron chi connectivity index (χ0n) is 17.5. The molecule has 5 nitrogen and oxygen atoms in total. The number of aliphatic hydroxyl groups excluding tert-OH is 1. The van der Waals surface area contributed by atoms with Crippen molar-refractivity contribution in [2.45, 2.75) is 64.4 Å². The highest BCUT2D eigenvalue weighted by atomic mass is 16.3. The van der Waals surface area contributed by atoms with E-state index in [0.717, 1.165) is 24.8 Å². The van der Waals surface area contributed by atoms with Gasteiger partial charge in [-0.15, -0.1) is 0 Å². The minimum atomic E-state index is -1.39. The van der Waals surface area contributed by atoms with Crippen molar-refractivity contribution in [3.05, 3.63) is 11.6 Å². The van der Waals surface area contributed by atoms with E-state index in [2.05, 4.69) is 12.0 Å². The third kappa shape index (κ3) is 2.07. The lowest BCUT2D eigenvalue weighted by molar-refractivity contribution is -0.170. The fourth-order valence-electron chi connectivity index (χ4n) is 6.95. The Morgan fingerprint density at radius 1 is 1.27 bits per heavy atom. The molecule has 6 atom stereocenters. The van der Waals surface area contributed by atoms with Crippen LogP contribution < -0.4 is 0 Å². The fourth-order valence-corrected chi connectivity index (χ4v) is 6.95. The van der Waals surface area contributed by atoms with Crippen molar-refractivity contribution in [1.82, 2.24) is 0 Å². The average molecular weight is 362 g/mol. The Kier molecular flexibility index (Phi) is 3.37. The van der Waals surface area contributed by atoms with Crippen LogP contribution in [0.2, 0.25) is 0 Å². The summed E-state index contributed by atoms with van der Waals surface area (Å²) in [6.07, 6.45) is 5.89. The van der Waals surface area contributed by atoms with Crippen LogP contribution in [-0.2, 0) is 14.4 Å².